The lowest BCUT2D eigenvalue weighted by atomic mass is 10.1. The molecular weight excluding hydrogens is 324 g/mol. The molecule has 0 aliphatic rings. The summed E-state index contributed by atoms with van der Waals surface area (Å²) in [6, 6.07) is 7.32. The van der Waals surface area contributed by atoms with Gasteiger partial charge in [0.2, 0.25) is 0 Å². The molecule has 0 amide bonds. The lowest BCUT2D eigenvalue weighted by Gasteiger charge is -2.11. The molecule has 0 bridgehead atoms. The van der Waals surface area contributed by atoms with Gasteiger partial charge in [-0.3, -0.25) is 0 Å². The maximum Gasteiger partial charge on any atom is 0.357 e. The van der Waals surface area contributed by atoms with Gasteiger partial charge in [0, 0.05) is 0 Å². The minimum Gasteiger partial charge on any atom is -0.497 e. The molecule has 0 fully saturated rings. The second-order valence-electron chi connectivity index (χ2n) is 4.62. The van der Waals surface area contributed by atoms with Crippen LogP contribution in [0.3, 0.4) is 0 Å². The van der Waals surface area contributed by atoms with Crippen LogP contribution in [0.2, 0.25) is 0 Å². The minimum absolute atomic E-state index is 0.0181. The number of methoxy groups -OCH3 is 1. The van der Waals surface area contributed by atoms with E-state index in [-0.39, 0.29) is 11.6 Å². The average molecular weight is 339 g/mol. The van der Waals surface area contributed by atoms with Gasteiger partial charge in [-0.2, -0.15) is 5.10 Å². The summed E-state index contributed by atoms with van der Waals surface area (Å²) in [6.45, 7) is 3.99. The van der Waals surface area contributed by atoms with Crippen LogP contribution >= 0.6 is 15.9 Å². The molecule has 1 aromatic carbocycles. The van der Waals surface area contributed by atoms with Gasteiger partial charge in [-0.05, 0) is 46.1 Å². The van der Waals surface area contributed by atoms with E-state index in [1.54, 1.807) is 11.8 Å². The average Bonchev–Trinajstić information content (AvgIpc) is 2.76. The molecule has 0 radical (unpaired) electrons. The molecule has 106 valence electrons. The highest BCUT2D eigenvalue weighted by Gasteiger charge is 2.23. The van der Waals surface area contributed by atoms with Gasteiger partial charge in [-0.15, -0.1) is 0 Å². The Morgan fingerprint density at radius 1 is 1.35 bits per heavy atom. The van der Waals surface area contributed by atoms with Crippen LogP contribution in [-0.4, -0.2) is 28.0 Å². The first kappa shape index (κ1) is 14.6. The van der Waals surface area contributed by atoms with Crippen LogP contribution in [0.25, 0.3) is 5.69 Å². The summed E-state index contributed by atoms with van der Waals surface area (Å²) < 4.78 is 7.29. The molecule has 20 heavy (non-hydrogen) atoms. The smallest absolute Gasteiger partial charge is 0.357 e. The zero-order valence-corrected chi connectivity index (χ0v) is 13.0. The lowest BCUT2D eigenvalue weighted by molar-refractivity contribution is 0.0689. The van der Waals surface area contributed by atoms with E-state index >= 15 is 0 Å². The van der Waals surface area contributed by atoms with E-state index < -0.39 is 5.97 Å². The number of hydrogen-bond acceptors (Lipinski definition) is 3. The highest BCUT2D eigenvalue weighted by Crippen LogP contribution is 2.30. The van der Waals surface area contributed by atoms with Crippen molar-refractivity contribution in [2.75, 3.05) is 7.11 Å². The third kappa shape index (κ3) is 2.56. The van der Waals surface area contributed by atoms with Crippen molar-refractivity contribution in [1.29, 1.82) is 0 Å². The van der Waals surface area contributed by atoms with Crippen LogP contribution in [0, 0.1) is 0 Å². The van der Waals surface area contributed by atoms with Crippen LogP contribution in [-0.2, 0) is 0 Å². The minimum atomic E-state index is -1.05. The highest BCUT2D eigenvalue weighted by molar-refractivity contribution is 9.10. The molecule has 2 rings (SSSR count). The fourth-order valence-electron chi connectivity index (χ4n) is 1.97. The number of halogens is 1. The maximum atomic E-state index is 11.2. The summed E-state index contributed by atoms with van der Waals surface area (Å²) in [4.78, 5) is 11.2. The Labute approximate surface area is 125 Å². The van der Waals surface area contributed by atoms with E-state index in [4.69, 9.17) is 4.74 Å². The number of aromatic carboxylic acids is 1. The summed E-state index contributed by atoms with van der Waals surface area (Å²) in [7, 11) is 1.60. The number of carboxylic acids is 1. The van der Waals surface area contributed by atoms with E-state index in [1.807, 2.05) is 38.1 Å². The number of ether oxygens (including phenoxy) is 1. The van der Waals surface area contributed by atoms with E-state index in [0.29, 0.717) is 4.47 Å². The number of nitrogens with zero attached hydrogens (tertiary/aromatic N) is 2. The van der Waals surface area contributed by atoms with Crippen LogP contribution in [0.5, 0.6) is 5.75 Å². The molecule has 5 nitrogen and oxygen atoms in total. The molecule has 2 aromatic rings. The van der Waals surface area contributed by atoms with Crippen molar-refractivity contribution in [2.24, 2.45) is 0 Å². The number of rotatable bonds is 4. The predicted octanol–water partition coefficient (Wildman–Crippen LogP) is 3.47. The topological polar surface area (TPSA) is 64.4 Å². The summed E-state index contributed by atoms with van der Waals surface area (Å²) in [5.41, 5.74) is 1.64. The fraction of sp³-hybridized carbons (Fsp3) is 0.286. The van der Waals surface area contributed by atoms with Crippen molar-refractivity contribution in [3.63, 3.8) is 0 Å². The first-order valence-corrected chi connectivity index (χ1v) is 6.91. The van der Waals surface area contributed by atoms with E-state index in [0.717, 1.165) is 17.1 Å². The van der Waals surface area contributed by atoms with Gasteiger partial charge < -0.3 is 9.84 Å². The second-order valence-corrected chi connectivity index (χ2v) is 5.41. The van der Waals surface area contributed by atoms with Crippen LogP contribution in [0.15, 0.2) is 28.7 Å². The molecule has 0 spiro atoms. The Balaban J connectivity index is 2.59. The molecule has 1 N–H and O–H groups in total. The molecule has 0 aliphatic heterocycles. The largest absolute Gasteiger partial charge is 0.497 e. The first-order chi connectivity index (χ1) is 9.45. The first-order valence-electron chi connectivity index (χ1n) is 6.11. The Morgan fingerprint density at radius 3 is 2.40 bits per heavy atom. The number of benzene rings is 1. The van der Waals surface area contributed by atoms with Gasteiger partial charge >= 0.3 is 5.97 Å². The third-order valence-electron chi connectivity index (χ3n) is 2.93. The monoisotopic (exact) mass is 338 g/mol. The Bertz CT molecular complexity index is 633. The van der Waals surface area contributed by atoms with Gasteiger partial charge in [-0.1, -0.05) is 13.8 Å². The Kier molecular flexibility index (Phi) is 4.13. The molecular formula is C14H15BrN2O3. The fourth-order valence-corrected chi connectivity index (χ4v) is 2.84. The van der Waals surface area contributed by atoms with Crippen LogP contribution in [0.4, 0.5) is 0 Å². The summed E-state index contributed by atoms with van der Waals surface area (Å²) >= 11 is 3.34. The normalized spacial score (nSPS) is 10.8. The van der Waals surface area contributed by atoms with Crippen molar-refractivity contribution in [1.82, 2.24) is 9.78 Å². The zero-order chi connectivity index (χ0) is 14.9. The SMILES string of the molecule is COc1ccc(-n2nc(C(=O)O)c(Br)c2C(C)C)cc1. The molecule has 0 unspecified atom stereocenters. The molecule has 0 aliphatic carbocycles. The highest BCUT2D eigenvalue weighted by atomic mass is 79.9. The predicted molar refractivity (Wildman–Crippen MR) is 78.9 cm³/mol. The molecule has 6 heteroatoms. The molecule has 1 heterocycles. The van der Waals surface area contributed by atoms with Crippen molar-refractivity contribution < 1.29 is 14.6 Å². The number of hydrogen-bond donors (Lipinski definition) is 1. The van der Waals surface area contributed by atoms with Gasteiger partial charge in [0.05, 0.1) is 23.0 Å². The van der Waals surface area contributed by atoms with Crippen molar-refractivity contribution >= 4 is 21.9 Å². The van der Waals surface area contributed by atoms with E-state index in [9.17, 15) is 9.90 Å². The van der Waals surface area contributed by atoms with Crippen molar-refractivity contribution in [2.45, 2.75) is 19.8 Å². The van der Waals surface area contributed by atoms with E-state index in [1.165, 1.54) is 0 Å². The van der Waals surface area contributed by atoms with Crippen molar-refractivity contribution in [3.05, 3.63) is 40.1 Å². The maximum absolute atomic E-state index is 11.2. The summed E-state index contributed by atoms with van der Waals surface area (Å²) in [5.74, 6) is -0.178. The van der Waals surface area contributed by atoms with E-state index in [2.05, 4.69) is 21.0 Å². The second kappa shape index (κ2) is 5.66. The molecule has 0 atom stereocenters. The number of carboxylic acid groups (broad SMARTS) is 1. The van der Waals surface area contributed by atoms with Gasteiger partial charge in [0.1, 0.15) is 5.75 Å². The Hall–Kier alpha value is -1.82. The number of carbonyl (C=O) groups is 1. The molecule has 1 aromatic heterocycles. The zero-order valence-electron chi connectivity index (χ0n) is 11.4. The lowest BCUT2D eigenvalue weighted by Crippen LogP contribution is -2.04. The summed E-state index contributed by atoms with van der Waals surface area (Å²) in [6.07, 6.45) is 0. The van der Waals surface area contributed by atoms with Gasteiger partial charge in [0.15, 0.2) is 5.69 Å². The van der Waals surface area contributed by atoms with Crippen LogP contribution < -0.4 is 4.74 Å². The molecule has 0 saturated carbocycles. The quantitative estimate of drug-likeness (QED) is 0.926. The van der Waals surface area contributed by atoms with Gasteiger partial charge in [0.25, 0.3) is 0 Å². The molecule has 0 saturated heterocycles. The van der Waals surface area contributed by atoms with Crippen LogP contribution in [0.1, 0.15) is 35.9 Å². The van der Waals surface area contributed by atoms with Gasteiger partial charge in [-0.25, -0.2) is 9.48 Å². The summed E-state index contributed by atoms with van der Waals surface area (Å²) in [5, 5.41) is 13.4. The van der Waals surface area contributed by atoms with Crippen molar-refractivity contribution in [3.8, 4) is 11.4 Å². The number of aromatic nitrogens is 2. The standard InChI is InChI=1S/C14H15BrN2O3/c1-8(2)13-11(15)12(14(18)19)16-17(13)9-4-6-10(20-3)7-5-9/h4-8H,1-3H3,(H,18,19). The Morgan fingerprint density at radius 2 is 1.95 bits per heavy atom. The third-order valence-corrected chi connectivity index (χ3v) is 3.71.